The Bertz CT molecular complexity index is 1060. The van der Waals surface area contributed by atoms with Gasteiger partial charge in [-0.1, -0.05) is 47.1 Å². The fraction of sp³-hybridized carbons (Fsp3) is 0.118. The minimum atomic E-state index is -0.609. The number of nitro groups is 1. The van der Waals surface area contributed by atoms with E-state index in [0.29, 0.717) is 16.0 Å². The number of carbonyl (C=O) groups excluding carboxylic acids is 1. The van der Waals surface area contributed by atoms with Gasteiger partial charge in [0.05, 0.1) is 15.7 Å². The summed E-state index contributed by atoms with van der Waals surface area (Å²) >= 11 is 13.1. The molecule has 0 aliphatic rings. The minimum Gasteiger partial charge on any atom is -0.325 e. The molecule has 1 N–H and O–H groups in total. The largest absolute Gasteiger partial charge is 0.325 e. The molecule has 0 aliphatic carbocycles. The smallest absolute Gasteiger partial charge is 0.289 e. The lowest BCUT2D eigenvalue weighted by molar-refractivity contribution is -0.384. The van der Waals surface area contributed by atoms with E-state index in [1.807, 2.05) is 18.2 Å². The number of thioether (sulfide) groups is 1. The lowest BCUT2D eigenvalue weighted by Gasteiger charge is -2.07. The molecule has 8 nitrogen and oxygen atoms in total. The highest BCUT2D eigenvalue weighted by Crippen LogP contribution is 2.29. The molecule has 0 spiro atoms. The molecule has 3 aromatic rings. The van der Waals surface area contributed by atoms with E-state index in [-0.39, 0.29) is 28.1 Å². The Morgan fingerprint density at radius 3 is 2.68 bits per heavy atom. The normalized spacial score (nSPS) is 10.7. The highest BCUT2D eigenvalue weighted by molar-refractivity contribution is 7.99. The first-order valence-corrected chi connectivity index (χ1v) is 9.62. The Kier molecular flexibility index (Phi) is 6.18. The number of rotatable bonds is 6. The molecular weight excluding hydrogens is 425 g/mol. The van der Waals surface area contributed by atoms with Crippen LogP contribution in [0, 0.1) is 10.1 Å². The van der Waals surface area contributed by atoms with Crippen LogP contribution in [0.4, 0.5) is 11.4 Å². The van der Waals surface area contributed by atoms with Gasteiger partial charge >= 0.3 is 0 Å². The van der Waals surface area contributed by atoms with E-state index in [1.54, 1.807) is 17.7 Å². The van der Waals surface area contributed by atoms with Gasteiger partial charge in [0.25, 0.3) is 5.69 Å². The van der Waals surface area contributed by atoms with E-state index in [2.05, 4.69) is 15.5 Å². The Hall–Kier alpha value is -2.62. The molecule has 1 heterocycles. The zero-order valence-electron chi connectivity index (χ0n) is 14.4. The van der Waals surface area contributed by atoms with Crippen molar-refractivity contribution >= 4 is 52.2 Å². The zero-order valence-corrected chi connectivity index (χ0v) is 16.8. The second-order valence-corrected chi connectivity index (χ2v) is 7.36. The van der Waals surface area contributed by atoms with E-state index < -0.39 is 4.92 Å². The van der Waals surface area contributed by atoms with Gasteiger partial charge in [0.1, 0.15) is 5.02 Å². The molecule has 0 saturated carbocycles. The number of aromatic nitrogens is 3. The zero-order chi connectivity index (χ0) is 20.3. The summed E-state index contributed by atoms with van der Waals surface area (Å²) in [6.07, 6.45) is 0. The van der Waals surface area contributed by atoms with Crippen molar-refractivity contribution in [3.63, 3.8) is 0 Å². The van der Waals surface area contributed by atoms with Crippen molar-refractivity contribution in [1.82, 2.24) is 14.8 Å². The van der Waals surface area contributed by atoms with Crippen LogP contribution in [0.2, 0.25) is 10.0 Å². The number of nitrogens with zero attached hydrogens (tertiary/aromatic N) is 4. The quantitative estimate of drug-likeness (QED) is 0.347. The van der Waals surface area contributed by atoms with Gasteiger partial charge in [-0.3, -0.25) is 14.9 Å². The van der Waals surface area contributed by atoms with Crippen molar-refractivity contribution in [1.29, 1.82) is 0 Å². The van der Waals surface area contributed by atoms with Crippen LogP contribution in [-0.4, -0.2) is 31.3 Å². The van der Waals surface area contributed by atoms with Crippen molar-refractivity contribution in [2.24, 2.45) is 7.05 Å². The summed E-state index contributed by atoms with van der Waals surface area (Å²) in [7, 11) is 1.78. The summed E-state index contributed by atoms with van der Waals surface area (Å²) in [5, 5.41) is 22.8. The number of nitrogens with one attached hydrogen (secondary N) is 1. The number of carbonyl (C=O) groups is 1. The van der Waals surface area contributed by atoms with Crippen molar-refractivity contribution < 1.29 is 9.72 Å². The first-order valence-electron chi connectivity index (χ1n) is 7.87. The third-order valence-corrected chi connectivity index (χ3v) is 5.38. The van der Waals surface area contributed by atoms with E-state index >= 15 is 0 Å². The van der Waals surface area contributed by atoms with Gasteiger partial charge in [0.15, 0.2) is 11.0 Å². The highest BCUT2D eigenvalue weighted by Gasteiger charge is 2.16. The average Bonchev–Trinajstić information content (AvgIpc) is 3.02. The lowest BCUT2D eigenvalue weighted by Crippen LogP contribution is -2.14. The van der Waals surface area contributed by atoms with Crippen LogP contribution in [0.15, 0.2) is 47.6 Å². The fourth-order valence-corrected chi connectivity index (χ4v) is 3.49. The van der Waals surface area contributed by atoms with Crippen molar-refractivity contribution in [2.75, 3.05) is 11.1 Å². The summed E-state index contributed by atoms with van der Waals surface area (Å²) in [6.45, 7) is 0. The molecule has 0 atom stereocenters. The third-order valence-electron chi connectivity index (χ3n) is 3.71. The molecule has 0 bridgehead atoms. The predicted molar refractivity (Wildman–Crippen MR) is 109 cm³/mol. The summed E-state index contributed by atoms with van der Waals surface area (Å²) in [5.74, 6) is 0.288. The van der Waals surface area contributed by atoms with Crippen molar-refractivity contribution in [2.45, 2.75) is 5.16 Å². The Morgan fingerprint density at radius 1 is 1.21 bits per heavy atom. The number of benzene rings is 2. The summed E-state index contributed by atoms with van der Waals surface area (Å²) in [4.78, 5) is 22.5. The van der Waals surface area contributed by atoms with Crippen LogP contribution in [0.1, 0.15) is 0 Å². The van der Waals surface area contributed by atoms with Crippen LogP contribution < -0.4 is 5.32 Å². The lowest BCUT2D eigenvalue weighted by atomic mass is 10.2. The van der Waals surface area contributed by atoms with E-state index in [4.69, 9.17) is 23.2 Å². The summed E-state index contributed by atoms with van der Waals surface area (Å²) < 4.78 is 1.74. The number of hydrogen-bond acceptors (Lipinski definition) is 6. The summed E-state index contributed by atoms with van der Waals surface area (Å²) in [5.41, 5.74) is 0.755. The van der Waals surface area contributed by atoms with Crippen molar-refractivity contribution in [3.05, 3.63) is 62.6 Å². The van der Waals surface area contributed by atoms with Crippen LogP contribution in [-0.2, 0) is 11.8 Å². The van der Waals surface area contributed by atoms with Crippen molar-refractivity contribution in [3.8, 4) is 11.4 Å². The molecule has 0 fully saturated rings. The van der Waals surface area contributed by atoms with Crippen LogP contribution in [0.3, 0.4) is 0 Å². The molecule has 3 rings (SSSR count). The maximum atomic E-state index is 12.2. The Labute approximate surface area is 174 Å². The molecule has 0 aliphatic heterocycles. The predicted octanol–water partition coefficient (Wildman–Crippen LogP) is 4.43. The standard InChI is InChI=1S/C17H13Cl2N5O3S/c1-23-16(11-4-2-3-5-12(11)18)21-22-17(23)28-9-15(25)20-10-6-7-13(19)14(8-10)24(26)27/h2-8H,9H2,1H3,(H,20,25). The number of halogens is 2. The third kappa shape index (κ3) is 4.44. The van der Waals surface area contributed by atoms with E-state index in [1.165, 1.54) is 30.0 Å². The van der Waals surface area contributed by atoms with Gasteiger partial charge in [0.2, 0.25) is 5.91 Å². The maximum Gasteiger partial charge on any atom is 0.289 e. The number of nitro benzene ring substituents is 1. The van der Waals surface area contributed by atoms with E-state index in [9.17, 15) is 14.9 Å². The first kappa shape index (κ1) is 20.1. The molecule has 0 unspecified atom stereocenters. The number of amides is 1. The van der Waals surface area contributed by atoms with Gasteiger partial charge in [-0.05, 0) is 24.3 Å². The SMILES string of the molecule is Cn1c(SCC(=O)Nc2ccc(Cl)c([N+](=O)[O-])c2)nnc1-c1ccccc1Cl. The van der Waals surface area contributed by atoms with Gasteiger partial charge in [-0.2, -0.15) is 0 Å². The number of hydrogen-bond donors (Lipinski definition) is 1. The van der Waals surface area contributed by atoms with Gasteiger partial charge in [0, 0.05) is 24.4 Å². The first-order chi connectivity index (χ1) is 13.4. The fourth-order valence-electron chi connectivity index (χ4n) is 2.38. The van der Waals surface area contributed by atoms with Crippen LogP contribution >= 0.6 is 35.0 Å². The summed E-state index contributed by atoms with van der Waals surface area (Å²) in [6, 6.07) is 11.3. The maximum absolute atomic E-state index is 12.2. The Morgan fingerprint density at radius 2 is 1.96 bits per heavy atom. The molecule has 1 amide bonds. The Balaban J connectivity index is 1.67. The number of anilines is 1. The molecular formula is C17H13Cl2N5O3S. The van der Waals surface area contributed by atoms with Gasteiger partial charge in [-0.25, -0.2) is 0 Å². The van der Waals surface area contributed by atoms with Crippen LogP contribution in [0.5, 0.6) is 0 Å². The molecule has 2 aromatic carbocycles. The van der Waals surface area contributed by atoms with E-state index in [0.717, 1.165) is 5.56 Å². The second kappa shape index (κ2) is 8.59. The van der Waals surface area contributed by atoms with Crippen LogP contribution in [0.25, 0.3) is 11.4 Å². The molecule has 144 valence electrons. The molecule has 28 heavy (non-hydrogen) atoms. The molecule has 11 heteroatoms. The van der Waals surface area contributed by atoms with Gasteiger partial charge in [-0.15, -0.1) is 10.2 Å². The molecule has 0 radical (unpaired) electrons. The monoisotopic (exact) mass is 437 g/mol. The van der Waals surface area contributed by atoms with Gasteiger partial charge < -0.3 is 9.88 Å². The minimum absolute atomic E-state index is 0.00330. The average molecular weight is 438 g/mol. The molecule has 0 saturated heterocycles. The molecule has 1 aromatic heterocycles. The highest BCUT2D eigenvalue weighted by atomic mass is 35.5. The second-order valence-electron chi connectivity index (χ2n) is 5.61. The topological polar surface area (TPSA) is 103 Å².